The Morgan fingerprint density at radius 3 is 1.06 bits per heavy atom. The van der Waals surface area contributed by atoms with Gasteiger partial charge in [0.1, 0.15) is 60.7 Å². The summed E-state index contributed by atoms with van der Waals surface area (Å²) in [6.07, 6.45) is 0. The van der Waals surface area contributed by atoms with Gasteiger partial charge in [-0.15, -0.1) is 0 Å². The van der Waals surface area contributed by atoms with Crippen molar-refractivity contribution in [1.29, 1.82) is 0 Å². The molecule has 4 heterocycles. The first-order chi connectivity index (χ1) is 53.5. The molecule has 0 aliphatic heterocycles. The number of aromatic amines is 4. The van der Waals surface area contributed by atoms with Crippen LogP contribution in [-0.4, -0.2) is 153 Å². The van der Waals surface area contributed by atoms with Gasteiger partial charge in [0.25, 0.3) is 11.1 Å². The van der Waals surface area contributed by atoms with Crippen molar-refractivity contribution in [1.82, 2.24) is 39.0 Å². The minimum Gasteiger partial charge on any atom is -0.744 e. The average molecular weight is 1840 g/mol. The number of aryl methyl sites for hydroxylation is 2. The topological polar surface area (TPSA) is 618 Å². The number of carbonyl (C=O) groups is 4. The summed E-state index contributed by atoms with van der Waals surface area (Å²) < 4.78 is 231. The molecule has 0 amide bonds. The Hall–Kier alpha value is -6.28. The van der Waals surface area contributed by atoms with Gasteiger partial charge in [0.05, 0.1) is 110 Å². The summed E-state index contributed by atoms with van der Waals surface area (Å²) in [5.41, 5.74) is -11.5. The van der Waals surface area contributed by atoms with Crippen LogP contribution in [0.3, 0.4) is 0 Å². The molecule has 2 aliphatic carbocycles. The fraction of sp³-hybridized carbons (Fsp3) is 0.0588. The number of halogens is 2. The van der Waals surface area contributed by atoms with Crippen molar-refractivity contribution in [2.24, 2.45) is 34.1 Å². The molecule has 2 aliphatic rings. The standard InChI is InChI=1S/C68H46Cl2N14O24S6.6Na/c1-83-43-19-17-37(51-53(43)49(33-13-3-5-15-35(33)59(51)87)55(61(83)89)57(85)29-9-7-11-31(23-29)109(91,92)93)73-39-25-41(47(113(103,104)105)27-45(39)111(97,98)99)75-67-79-63(69)77-65(81-67)71-21-22-72-66-78-64(70)80-68(82-66)76-42-26-40(46(112(100,101)102)28-48(42)114(106,107)108)74-38-18-20-44-54-50(34-14-4-6-16-36(34)60(88)52(38)54)56(62(90)84(44)2)58(86)30-10-8-12-32(24-30)110(94,95)96;;;;;;/h3-20,23-28,73-74H,21-22H2,1-2H3,(H,91,92,93)(H,94,95,96)(H,97,98,99)(H,100,101,102)(H,103,104,105)(H,106,107,108)(H2,71,75,77,79,81)(H2,72,76,78,80,82);;;;;;/q;6*+1/p-6. The van der Waals surface area contributed by atoms with Crippen molar-refractivity contribution >= 4 is 163 Å². The second kappa shape index (κ2) is 37.5. The van der Waals surface area contributed by atoms with Gasteiger partial charge in [-0.25, -0.2) is 70.5 Å². The molecule has 0 unspecified atom stereocenters. The predicted octanol–water partition coefficient (Wildman–Crippen LogP) is -14.4. The van der Waals surface area contributed by atoms with Gasteiger partial charge in [-0.05, 0) is 107 Å². The van der Waals surface area contributed by atoms with Gasteiger partial charge >= 0.3 is 177 Å². The van der Waals surface area contributed by atoms with Crippen LogP contribution in [0.1, 0.15) is 63.7 Å². The smallest absolute Gasteiger partial charge is 0.744 e. The Kier molecular flexibility index (Phi) is 31.0. The Labute approximate surface area is 818 Å². The SMILES string of the molecule is Cn1c(=O)c(C(=O)c2cccc(S(=O)(=O)[O-])c2)c2c3c(c(Nc4cc(N=c5[nH]c(Cl)nc(=NCCN=c6nc(Cl)[nH]c(=Nc7cc(Nc8ccc9c%10c8C(=O)c8ccccc8-c%10c(C(=O)c8cccc(S(=O)(=O)[O-])c8)c(=O)n9C)c(S(=O)(=O)[O-])cc7S(=O)(=O)[O-])[nH]6)[nH]5)c(S(=O)(=O)[O-])cc4S(=O)(=O)[O-])ccc31)C(=O)c1ccccc1-2.[Na+].[Na+].[Na+].[Na+].[Na+].[Na+]. The zero-order valence-corrected chi connectivity index (χ0v) is 81.3. The second-order valence-corrected chi connectivity index (χ2v) is 33.6. The molecule has 6 N–H and O–H groups in total. The molecule has 4 aromatic heterocycles. The number of anilines is 4. The number of carbonyl (C=O) groups excluding carboxylic acids is 4. The van der Waals surface area contributed by atoms with E-state index in [1.54, 1.807) is 0 Å². The number of pyridine rings is 2. The third-order valence-corrected chi connectivity index (χ3v) is 23.3. The first kappa shape index (κ1) is 99.1. The van der Waals surface area contributed by atoms with Crippen LogP contribution in [0.2, 0.25) is 10.6 Å². The molecular weight excluding hydrogens is 1800 g/mol. The van der Waals surface area contributed by atoms with Gasteiger partial charge in [-0.1, -0.05) is 72.8 Å². The number of hydrogen-bond donors (Lipinski definition) is 6. The van der Waals surface area contributed by atoms with Crippen LogP contribution in [0.15, 0.2) is 205 Å². The van der Waals surface area contributed by atoms with Crippen LogP contribution >= 0.6 is 23.2 Å². The summed E-state index contributed by atoms with van der Waals surface area (Å²) >= 11 is 12.6. The molecule has 120 heavy (non-hydrogen) atoms. The number of hydrogen-bond acceptors (Lipinski definition) is 32. The Morgan fingerprint density at radius 2 is 0.733 bits per heavy atom. The molecule has 0 saturated heterocycles. The molecule has 0 atom stereocenters. The summed E-state index contributed by atoms with van der Waals surface area (Å²) in [5.74, 6) is -3.83. The van der Waals surface area contributed by atoms with Gasteiger partial charge in [0.15, 0.2) is 23.1 Å². The summed E-state index contributed by atoms with van der Waals surface area (Å²) in [7, 11) is -31.1. The molecular formula is C68H40Cl2N14Na6O24S6. The van der Waals surface area contributed by atoms with Gasteiger partial charge < -0.3 is 57.1 Å². The summed E-state index contributed by atoms with van der Waals surface area (Å²) in [4.78, 5) is 115. The molecule has 52 heteroatoms. The average Bonchev–Trinajstić information content (AvgIpc) is 0.709. The summed E-state index contributed by atoms with van der Waals surface area (Å²) in [6, 6.07) is 25.5. The van der Waals surface area contributed by atoms with Gasteiger partial charge in [0.2, 0.25) is 33.0 Å². The first-order valence-corrected chi connectivity index (χ1v) is 41.1. The van der Waals surface area contributed by atoms with Gasteiger partial charge in [-0.2, -0.15) is 9.97 Å². The molecule has 0 bridgehead atoms. The molecule has 8 aromatic carbocycles. The molecule has 0 saturated carbocycles. The van der Waals surface area contributed by atoms with Crippen LogP contribution in [-0.2, 0) is 74.8 Å². The maximum Gasteiger partial charge on any atom is 1.00 e. The fourth-order valence-corrected chi connectivity index (χ4v) is 17.1. The monoisotopic (exact) mass is 1840 g/mol. The Balaban J connectivity index is 0.00000299. The van der Waals surface area contributed by atoms with E-state index in [1.165, 1.54) is 86.9 Å². The quantitative estimate of drug-likeness (QED) is 0.0189. The van der Waals surface area contributed by atoms with Crippen LogP contribution in [0.5, 0.6) is 0 Å². The van der Waals surface area contributed by atoms with Crippen LogP contribution in [0.4, 0.5) is 34.1 Å². The number of nitrogens with zero attached hydrogens (tertiary/aromatic N) is 8. The van der Waals surface area contributed by atoms with E-state index >= 15 is 0 Å². The van der Waals surface area contributed by atoms with E-state index in [0.717, 1.165) is 57.7 Å². The Bertz CT molecular complexity index is 7240. The van der Waals surface area contributed by atoms with Crippen LogP contribution in [0, 0.1) is 0 Å². The molecule has 0 fully saturated rings. The van der Waals surface area contributed by atoms with Crippen molar-refractivity contribution in [3.63, 3.8) is 0 Å². The summed E-state index contributed by atoms with van der Waals surface area (Å²) in [5, 5.41) is 3.96. The van der Waals surface area contributed by atoms with Gasteiger partial charge in [-0.3, -0.25) is 38.7 Å². The van der Waals surface area contributed by atoms with Gasteiger partial charge in [0, 0.05) is 58.2 Å². The van der Waals surface area contributed by atoms with Crippen molar-refractivity contribution < 1.29 is 274 Å². The molecule has 38 nitrogen and oxygen atoms in total. The first-order valence-electron chi connectivity index (χ1n) is 31.9. The van der Waals surface area contributed by atoms with Crippen molar-refractivity contribution in [3.8, 4) is 22.3 Å². The summed E-state index contributed by atoms with van der Waals surface area (Å²) in [6.45, 7) is -0.815. The molecule has 12 aromatic rings. The minimum absolute atomic E-state index is 0. The molecule has 0 radical (unpaired) electrons. The molecule has 0 spiro atoms. The number of aromatic nitrogens is 8. The largest absolute Gasteiger partial charge is 1.00 e. The molecule has 582 valence electrons. The normalized spacial score (nSPS) is 13.0. The number of nitrogens with one attached hydrogen (secondary N) is 6. The number of fused-ring (bicyclic) bond motifs is 4. The van der Waals surface area contributed by atoms with E-state index in [2.05, 4.69) is 60.5 Å². The predicted molar refractivity (Wildman–Crippen MR) is 390 cm³/mol. The number of H-pyrrole nitrogens is 4. The van der Waals surface area contributed by atoms with Crippen molar-refractivity contribution in [2.75, 3.05) is 23.7 Å². The Morgan fingerprint density at radius 1 is 0.400 bits per heavy atom. The van der Waals surface area contributed by atoms with Crippen LogP contribution in [0.25, 0.3) is 44.1 Å². The number of rotatable bonds is 19. The maximum atomic E-state index is 14.8. The number of ketones is 4. The van der Waals surface area contributed by atoms with E-state index in [9.17, 15) is 107 Å². The van der Waals surface area contributed by atoms with E-state index in [1.807, 2.05) is 0 Å². The fourth-order valence-electron chi connectivity index (χ4n) is 13.0. The third-order valence-electron chi connectivity index (χ3n) is 17.8. The maximum absolute atomic E-state index is 14.8. The van der Waals surface area contributed by atoms with E-state index in [0.29, 0.717) is 12.1 Å². The zero-order valence-electron chi connectivity index (χ0n) is 62.9. The van der Waals surface area contributed by atoms with Crippen LogP contribution < -0.4 is 222 Å². The second-order valence-electron chi connectivity index (χ2n) is 24.7. The molecule has 14 rings (SSSR count). The minimum atomic E-state index is -5.83. The van der Waals surface area contributed by atoms with E-state index in [4.69, 9.17) is 23.2 Å². The zero-order chi connectivity index (χ0) is 82.1. The van der Waals surface area contributed by atoms with E-state index < -0.39 is 215 Å². The van der Waals surface area contributed by atoms with Crippen molar-refractivity contribution in [2.45, 2.75) is 29.4 Å². The van der Waals surface area contributed by atoms with E-state index in [-0.39, 0.29) is 267 Å². The number of benzene rings is 8. The third kappa shape index (κ3) is 19.5. The van der Waals surface area contributed by atoms with Crippen molar-refractivity contribution in [3.05, 3.63) is 244 Å².